The number of pyridine rings is 1. The van der Waals surface area contributed by atoms with Crippen LogP contribution >= 0.6 is 0 Å². The van der Waals surface area contributed by atoms with E-state index in [1.54, 1.807) is 12.1 Å². The Morgan fingerprint density at radius 3 is 2.60 bits per heavy atom. The first-order chi connectivity index (χ1) is 9.56. The van der Waals surface area contributed by atoms with Gasteiger partial charge in [-0.1, -0.05) is 11.8 Å². The zero-order valence-corrected chi connectivity index (χ0v) is 10.3. The maximum absolute atomic E-state index is 11.2. The maximum atomic E-state index is 11.2. The molecule has 20 heavy (non-hydrogen) atoms. The summed E-state index contributed by atoms with van der Waals surface area (Å²) in [5, 5.41) is 11.2. The summed E-state index contributed by atoms with van der Waals surface area (Å²) in [6.07, 6.45) is 12.1. The predicted octanol–water partition coefficient (Wildman–Crippen LogP) is 2.20. The summed E-state index contributed by atoms with van der Waals surface area (Å²) in [6.45, 7) is 0. The smallest absolute Gasteiger partial charge is 0.280 e. The number of nitrogen functional groups attached to an aromatic ring is 1. The van der Waals surface area contributed by atoms with Gasteiger partial charge >= 0.3 is 0 Å². The van der Waals surface area contributed by atoms with Crippen molar-refractivity contribution in [1.82, 2.24) is 4.98 Å². The predicted molar refractivity (Wildman–Crippen MR) is 76.6 cm³/mol. The van der Waals surface area contributed by atoms with Crippen molar-refractivity contribution in [2.45, 2.75) is 0 Å². The van der Waals surface area contributed by atoms with Gasteiger partial charge in [0.15, 0.2) is 0 Å². The zero-order valence-electron chi connectivity index (χ0n) is 10.3. The number of hydrogen-bond donors (Lipinski definition) is 1. The summed E-state index contributed by atoms with van der Waals surface area (Å²) in [4.78, 5) is 14.7. The van der Waals surface area contributed by atoms with Crippen LogP contribution in [0.1, 0.15) is 11.1 Å². The fourth-order valence-electron chi connectivity index (χ4n) is 1.75. The summed E-state index contributed by atoms with van der Waals surface area (Å²) in [7, 11) is 0. The molecule has 0 aliphatic carbocycles. The summed E-state index contributed by atoms with van der Waals surface area (Å²) in [5.41, 5.74) is 7.40. The Morgan fingerprint density at radius 1 is 1.25 bits per heavy atom. The van der Waals surface area contributed by atoms with Crippen LogP contribution in [0.3, 0.4) is 0 Å². The van der Waals surface area contributed by atoms with Crippen LogP contribution in [0.5, 0.6) is 0 Å². The maximum Gasteiger partial charge on any atom is 0.280 e. The number of rotatable bonds is 2. The van der Waals surface area contributed by atoms with Crippen LogP contribution in [0.15, 0.2) is 30.5 Å². The highest BCUT2D eigenvalue weighted by atomic mass is 16.6. The molecule has 2 aromatic rings. The normalized spacial score (nSPS) is 9.50. The summed E-state index contributed by atoms with van der Waals surface area (Å²) in [5.74, 6) is 4.76. The molecule has 1 aromatic carbocycles. The van der Waals surface area contributed by atoms with E-state index in [9.17, 15) is 10.1 Å². The van der Waals surface area contributed by atoms with E-state index in [2.05, 4.69) is 16.8 Å². The molecule has 96 valence electrons. The molecule has 0 saturated heterocycles. The number of benzene rings is 1. The van der Waals surface area contributed by atoms with Crippen LogP contribution < -0.4 is 5.73 Å². The zero-order chi connectivity index (χ0) is 14.7. The van der Waals surface area contributed by atoms with Crippen molar-refractivity contribution >= 4 is 11.4 Å². The molecule has 2 N–H and O–H groups in total. The highest BCUT2D eigenvalue weighted by Crippen LogP contribution is 2.32. The van der Waals surface area contributed by atoms with Gasteiger partial charge in [0.1, 0.15) is 0 Å². The standard InChI is InChI=1S/C15H9N3O2/c1-3-10-5-6-17-14(7-10)12-9-13(16)11(4-2)8-15(12)18(19)20/h1-2,5-9H,16H2. The highest BCUT2D eigenvalue weighted by Gasteiger charge is 2.19. The lowest BCUT2D eigenvalue weighted by molar-refractivity contribution is -0.384. The fourth-order valence-corrected chi connectivity index (χ4v) is 1.75. The lowest BCUT2D eigenvalue weighted by Crippen LogP contribution is -1.98. The molecule has 0 bridgehead atoms. The third kappa shape index (κ3) is 2.29. The minimum Gasteiger partial charge on any atom is -0.398 e. The quantitative estimate of drug-likeness (QED) is 0.390. The monoisotopic (exact) mass is 263 g/mol. The molecule has 0 radical (unpaired) electrons. The van der Waals surface area contributed by atoms with E-state index in [1.807, 2.05) is 0 Å². The van der Waals surface area contributed by atoms with E-state index >= 15 is 0 Å². The Bertz CT molecular complexity index is 783. The second-order valence-electron chi connectivity index (χ2n) is 3.93. The number of anilines is 1. The molecule has 0 atom stereocenters. The molecule has 0 aliphatic rings. The third-order valence-electron chi connectivity index (χ3n) is 2.72. The van der Waals surface area contributed by atoms with Gasteiger partial charge in [-0.25, -0.2) is 0 Å². The first-order valence-corrected chi connectivity index (χ1v) is 5.54. The molecular weight excluding hydrogens is 254 g/mol. The van der Waals surface area contributed by atoms with Crippen LogP contribution in [-0.4, -0.2) is 9.91 Å². The molecule has 2 rings (SSSR count). The second-order valence-corrected chi connectivity index (χ2v) is 3.93. The van der Waals surface area contributed by atoms with E-state index in [-0.39, 0.29) is 22.5 Å². The molecular formula is C15H9N3O2. The topological polar surface area (TPSA) is 82.0 Å². The van der Waals surface area contributed by atoms with Gasteiger partial charge in [0, 0.05) is 23.5 Å². The summed E-state index contributed by atoms with van der Waals surface area (Å²) >= 11 is 0. The summed E-state index contributed by atoms with van der Waals surface area (Å²) < 4.78 is 0. The molecule has 1 aromatic heterocycles. The first kappa shape index (κ1) is 13.1. The third-order valence-corrected chi connectivity index (χ3v) is 2.72. The Kier molecular flexibility index (Phi) is 3.37. The largest absolute Gasteiger partial charge is 0.398 e. The van der Waals surface area contributed by atoms with Crippen molar-refractivity contribution in [3.05, 3.63) is 51.7 Å². The van der Waals surface area contributed by atoms with Gasteiger partial charge in [-0.05, 0) is 18.2 Å². The van der Waals surface area contributed by atoms with Crippen LogP contribution in [0.25, 0.3) is 11.3 Å². The lowest BCUT2D eigenvalue weighted by atomic mass is 10.0. The van der Waals surface area contributed by atoms with Gasteiger partial charge in [0.25, 0.3) is 5.69 Å². The number of aromatic nitrogens is 1. The summed E-state index contributed by atoms with van der Waals surface area (Å²) in [6, 6.07) is 5.91. The van der Waals surface area contributed by atoms with Gasteiger partial charge in [-0.3, -0.25) is 15.1 Å². The lowest BCUT2D eigenvalue weighted by Gasteiger charge is -2.06. The van der Waals surface area contributed by atoms with E-state index in [4.69, 9.17) is 18.6 Å². The van der Waals surface area contributed by atoms with E-state index < -0.39 is 4.92 Å². The Labute approximate surface area is 115 Å². The Balaban J connectivity index is 2.73. The molecule has 5 nitrogen and oxygen atoms in total. The first-order valence-electron chi connectivity index (χ1n) is 5.54. The number of nitro benzene ring substituents is 1. The number of hydrogen-bond acceptors (Lipinski definition) is 4. The van der Waals surface area contributed by atoms with Crippen LogP contribution in [-0.2, 0) is 0 Å². The molecule has 0 unspecified atom stereocenters. The van der Waals surface area contributed by atoms with Crippen molar-refractivity contribution in [2.24, 2.45) is 0 Å². The SMILES string of the molecule is C#Cc1ccnc(-c2cc(N)c(C#C)cc2[N+](=O)[O-])c1. The van der Waals surface area contributed by atoms with Gasteiger partial charge < -0.3 is 5.73 Å². The fraction of sp³-hybridized carbons (Fsp3) is 0. The molecule has 0 fully saturated rings. The van der Waals surface area contributed by atoms with E-state index in [0.717, 1.165) is 0 Å². The minimum absolute atomic E-state index is 0.158. The van der Waals surface area contributed by atoms with Crippen LogP contribution in [0.4, 0.5) is 11.4 Å². The van der Waals surface area contributed by atoms with E-state index in [0.29, 0.717) is 11.3 Å². The van der Waals surface area contributed by atoms with Crippen molar-refractivity contribution in [3.63, 3.8) is 0 Å². The van der Waals surface area contributed by atoms with Crippen molar-refractivity contribution in [2.75, 3.05) is 5.73 Å². The molecule has 0 amide bonds. The van der Waals surface area contributed by atoms with Crippen LogP contribution in [0.2, 0.25) is 0 Å². The van der Waals surface area contributed by atoms with Crippen molar-refractivity contribution in [3.8, 4) is 35.9 Å². The van der Waals surface area contributed by atoms with Gasteiger partial charge in [-0.15, -0.1) is 12.8 Å². The number of terminal acetylenes is 2. The minimum atomic E-state index is -0.528. The van der Waals surface area contributed by atoms with Crippen molar-refractivity contribution < 1.29 is 4.92 Å². The average molecular weight is 263 g/mol. The molecule has 0 spiro atoms. The second kappa shape index (κ2) is 5.13. The van der Waals surface area contributed by atoms with Crippen LogP contribution in [0, 0.1) is 34.8 Å². The molecule has 5 heteroatoms. The molecule has 0 aliphatic heterocycles. The average Bonchev–Trinajstić information content (AvgIpc) is 2.46. The highest BCUT2D eigenvalue weighted by molar-refractivity contribution is 5.78. The molecule has 0 saturated carbocycles. The van der Waals surface area contributed by atoms with Gasteiger partial charge in [0.2, 0.25) is 0 Å². The van der Waals surface area contributed by atoms with Gasteiger partial charge in [-0.2, -0.15) is 0 Å². The Morgan fingerprint density at radius 2 is 2.00 bits per heavy atom. The number of nitrogens with two attached hydrogens (primary N) is 1. The van der Waals surface area contributed by atoms with E-state index in [1.165, 1.54) is 18.3 Å². The molecule has 1 heterocycles. The Hall–Kier alpha value is -3.31. The number of nitro groups is 1. The van der Waals surface area contributed by atoms with Gasteiger partial charge in [0.05, 0.1) is 21.7 Å². The van der Waals surface area contributed by atoms with Crippen molar-refractivity contribution in [1.29, 1.82) is 0 Å². The number of nitrogens with zero attached hydrogens (tertiary/aromatic N) is 2.